The van der Waals surface area contributed by atoms with Gasteiger partial charge in [-0.1, -0.05) is 6.92 Å². The molecule has 1 saturated heterocycles. The molecule has 1 amide bonds. The topological polar surface area (TPSA) is 60.8 Å². The molecule has 1 aromatic carbocycles. The summed E-state index contributed by atoms with van der Waals surface area (Å²) in [5, 5.41) is 19.1. The van der Waals surface area contributed by atoms with Crippen LogP contribution in [-0.2, 0) is 0 Å². The van der Waals surface area contributed by atoms with Crippen molar-refractivity contribution >= 4 is 28.5 Å². The van der Waals surface area contributed by atoms with Gasteiger partial charge in [0, 0.05) is 10.1 Å². The number of aliphatic hydroxyl groups excluding tert-OH is 1. The van der Waals surface area contributed by atoms with Gasteiger partial charge < -0.3 is 15.1 Å². The first-order valence-corrected chi connectivity index (χ1v) is 7.02. The molecule has 98 valence electrons. The zero-order valence-corrected chi connectivity index (χ0v) is 12.3. The van der Waals surface area contributed by atoms with Crippen LogP contribution in [0.5, 0.6) is 5.75 Å². The Morgan fingerprint density at radius 3 is 2.94 bits per heavy atom. The predicted molar refractivity (Wildman–Crippen MR) is 76.5 cm³/mol. The van der Waals surface area contributed by atoms with Gasteiger partial charge in [-0.05, 0) is 53.1 Å². The fraction of sp³-hybridized carbons (Fsp3) is 0.462. The minimum absolute atomic E-state index is 0.00309. The number of nitrogens with zero attached hydrogens (tertiary/aromatic N) is 1. The molecule has 2 rings (SSSR count). The number of rotatable bonds is 2. The van der Waals surface area contributed by atoms with Gasteiger partial charge >= 0.3 is 0 Å². The molecule has 0 saturated carbocycles. The third-order valence-electron chi connectivity index (χ3n) is 3.52. The number of aromatic hydroxyl groups is 1. The van der Waals surface area contributed by atoms with Crippen molar-refractivity contribution in [1.29, 1.82) is 0 Å². The standard InChI is InChI=1S/C13H16INO3/c1-8-4-5-15(11(8)7-16)13(18)10-6-9(14)2-3-12(10)17/h2-3,6,8,11,16-17H,4-5,7H2,1H3. The highest BCUT2D eigenvalue weighted by Gasteiger charge is 2.35. The van der Waals surface area contributed by atoms with E-state index < -0.39 is 0 Å². The molecule has 1 heterocycles. The Kier molecular flexibility index (Phi) is 4.11. The van der Waals surface area contributed by atoms with Gasteiger partial charge in [0.05, 0.1) is 18.2 Å². The molecule has 0 aliphatic carbocycles. The monoisotopic (exact) mass is 361 g/mol. The highest BCUT2D eigenvalue weighted by atomic mass is 127. The molecule has 4 nitrogen and oxygen atoms in total. The summed E-state index contributed by atoms with van der Waals surface area (Å²) >= 11 is 2.11. The van der Waals surface area contributed by atoms with Gasteiger partial charge in [0.15, 0.2) is 0 Å². The Balaban J connectivity index is 2.28. The molecule has 2 unspecified atom stereocenters. The second-order valence-corrected chi connectivity index (χ2v) is 5.92. The summed E-state index contributed by atoms with van der Waals surface area (Å²) in [6.45, 7) is 2.64. The molecular formula is C13H16INO3. The fourth-order valence-electron chi connectivity index (χ4n) is 2.37. The number of halogens is 1. The van der Waals surface area contributed by atoms with Gasteiger partial charge in [0.2, 0.25) is 0 Å². The van der Waals surface area contributed by atoms with Crippen molar-refractivity contribution in [1.82, 2.24) is 4.90 Å². The van der Waals surface area contributed by atoms with E-state index in [1.54, 1.807) is 17.0 Å². The summed E-state index contributed by atoms with van der Waals surface area (Å²) in [4.78, 5) is 14.0. The maximum atomic E-state index is 12.4. The number of carbonyl (C=O) groups excluding carboxylic acids is 1. The second kappa shape index (κ2) is 5.44. The SMILES string of the molecule is CC1CCN(C(=O)c2cc(I)ccc2O)C1CO. The summed E-state index contributed by atoms with van der Waals surface area (Å²) in [5.74, 6) is 0.0925. The fourth-order valence-corrected chi connectivity index (χ4v) is 2.86. The maximum absolute atomic E-state index is 12.4. The van der Waals surface area contributed by atoms with Crippen LogP contribution in [0.3, 0.4) is 0 Å². The van der Waals surface area contributed by atoms with Crippen molar-refractivity contribution in [3.63, 3.8) is 0 Å². The first-order chi connectivity index (χ1) is 8.54. The molecule has 1 fully saturated rings. The summed E-state index contributed by atoms with van der Waals surface area (Å²) in [5.41, 5.74) is 0.314. The quantitative estimate of drug-likeness (QED) is 0.791. The largest absolute Gasteiger partial charge is 0.507 e. The Labute approximate surface area is 120 Å². The van der Waals surface area contributed by atoms with Crippen LogP contribution in [0.4, 0.5) is 0 Å². The lowest BCUT2D eigenvalue weighted by molar-refractivity contribution is 0.0645. The lowest BCUT2D eigenvalue weighted by Gasteiger charge is -2.25. The van der Waals surface area contributed by atoms with Crippen LogP contribution in [-0.4, -0.2) is 40.2 Å². The summed E-state index contributed by atoms with van der Waals surface area (Å²) in [6.07, 6.45) is 0.891. The van der Waals surface area contributed by atoms with Gasteiger partial charge in [0.1, 0.15) is 5.75 Å². The molecule has 5 heteroatoms. The average molecular weight is 361 g/mol. The summed E-state index contributed by atoms with van der Waals surface area (Å²) in [6, 6.07) is 4.82. The van der Waals surface area contributed by atoms with Gasteiger partial charge in [-0.2, -0.15) is 0 Å². The van der Waals surface area contributed by atoms with E-state index in [2.05, 4.69) is 22.6 Å². The van der Waals surface area contributed by atoms with Crippen molar-refractivity contribution in [3.8, 4) is 5.75 Å². The van der Waals surface area contributed by atoms with Crippen LogP contribution >= 0.6 is 22.6 Å². The second-order valence-electron chi connectivity index (χ2n) is 4.68. The van der Waals surface area contributed by atoms with Crippen LogP contribution in [0.1, 0.15) is 23.7 Å². The zero-order valence-electron chi connectivity index (χ0n) is 10.1. The van der Waals surface area contributed by atoms with Crippen molar-refractivity contribution < 1.29 is 15.0 Å². The molecule has 0 spiro atoms. The lowest BCUT2D eigenvalue weighted by atomic mass is 10.0. The van der Waals surface area contributed by atoms with E-state index in [9.17, 15) is 15.0 Å². The highest BCUT2D eigenvalue weighted by Crippen LogP contribution is 2.28. The van der Waals surface area contributed by atoms with E-state index in [1.807, 2.05) is 6.92 Å². The van der Waals surface area contributed by atoms with Crippen molar-refractivity contribution in [2.75, 3.05) is 13.2 Å². The van der Waals surface area contributed by atoms with Crippen LogP contribution < -0.4 is 0 Å². The smallest absolute Gasteiger partial charge is 0.257 e. The Hall–Kier alpha value is -0.820. The third kappa shape index (κ3) is 2.47. The number of amides is 1. The van der Waals surface area contributed by atoms with Gasteiger partial charge in [0.25, 0.3) is 5.91 Å². The van der Waals surface area contributed by atoms with Gasteiger partial charge in [-0.15, -0.1) is 0 Å². The number of phenolic OH excluding ortho intramolecular Hbond substituents is 1. The van der Waals surface area contributed by atoms with E-state index in [0.29, 0.717) is 18.0 Å². The average Bonchev–Trinajstić information content (AvgIpc) is 2.72. The summed E-state index contributed by atoms with van der Waals surface area (Å²) < 4.78 is 0.904. The number of phenols is 1. The lowest BCUT2D eigenvalue weighted by Crippen LogP contribution is -2.39. The molecule has 1 aromatic rings. The number of hydrogen-bond donors (Lipinski definition) is 2. The zero-order chi connectivity index (χ0) is 13.3. The van der Waals surface area contributed by atoms with Crippen LogP contribution in [0.25, 0.3) is 0 Å². The minimum atomic E-state index is -0.200. The third-order valence-corrected chi connectivity index (χ3v) is 4.19. The molecule has 1 aliphatic rings. The van der Waals surface area contributed by atoms with Gasteiger partial charge in [-0.3, -0.25) is 4.79 Å². The van der Waals surface area contributed by atoms with E-state index in [0.717, 1.165) is 9.99 Å². The number of benzene rings is 1. The van der Waals surface area contributed by atoms with Crippen LogP contribution in [0.2, 0.25) is 0 Å². The van der Waals surface area contributed by atoms with E-state index in [-0.39, 0.29) is 24.3 Å². The molecule has 0 aromatic heterocycles. The molecule has 2 N–H and O–H groups in total. The molecule has 2 atom stereocenters. The molecule has 1 aliphatic heterocycles. The highest BCUT2D eigenvalue weighted by molar-refractivity contribution is 14.1. The number of hydrogen-bond acceptors (Lipinski definition) is 3. The first kappa shape index (κ1) is 13.6. The van der Waals surface area contributed by atoms with E-state index >= 15 is 0 Å². The van der Waals surface area contributed by atoms with Crippen molar-refractivity contribution in [2.24, 2.45) is 5.92 Å². The molecular weight excluding hydrogens is 345 g/mol. The van der Waals surface area contributed by atoms with E-state index in [1.165, 1.54) is 6.07 Å². The molecule has 0 radical (unpaired) electrons. The van der Waals surface area contributed by atoms with Gasteiger partial charge in [-0.25, -0.2) is 0 Å². The van der Waals surface area contributed by atoms with Crippen molar-refractivity contribution in [3.05, 3.63) is 27.3 Å². The first-order valence-electron chi connectivity index (χ1n) is 5.95. The maximum Gasteiger partial charge on any atom is 0.257 e. The summed E-state index contributed by atoms with van der Waals surface area (Å²) in [7, 11) is 0. The molecule has 18 heavy (non-hydrogen) atoms. The Bertz CT molecular complexity index is 464. The Morgan fingerprint density at radius 1 is 1.56 bits per heavy atom. The predicted octanol–water partition coefficient (Wildman–Crippen LogP) is 1.84. The minimum Gasteiger partial charge on any atom is -0.507 e. The Morgan fingerprint density at radius 2 is 2.28 bits per heavy atom. The number of carbonyl (C=O) groups is 1. The van der Waals surface area contributed by atoms with Crippen LogP contribution in [0.15, 0.2) is 18.2 Å². The van der Waals surface area contributed by atoms with E-state index in [4.69, 9.17) is 0 Å². The molecule has 0 bridgehead atoms. The van der Waals surface area contributed by atoms with Crippen molar-refractivity contribution in [2.45, 2.75) is 19.4 Å². The number of aliphatic hydroxyl groups is 1. The number of likely N-dealkylation sites (tertiary alicyclic amines) is 1. The van der Waals surface area contributed by atoms with Crippen LogP contribution in [0, 0.1) is 9.49 Å². The normalized spacial score (nSPS) is 23.4.